The number of hydrogen-bond donors (Lipinski definition) is 0. The lowest BCUT2D eigenvalue weighted by Gasteiger charge is -2.09. The van der Waals surface area contributed by atoms with Crippen LogP contribution in [0.3, 0.4) is 0 Å². The van der Waals surface area contributed by atoms with Gasteiger partial charge in [0.2, 0.25) is 0 Å². The fourth-order valence-corrected chi connectivity index (χ4v) is 2.26. The summed E-state index contributed by atoms with van der Waals surface area (Å²) < 4.78 is 0. The quantitative estimate of drug-likeness (QED) is 0.647. The second-order valence-electron chi connectivity index (χ2n) is 3.90. The number of benzene rings is 2. The molecule has 82 valence electrons. The van der Waals surface area contributed by atoms with Crippen molar-refractivity contribution in [3.05, 3.63) is 57.6 Å². The fraction of sp³-hybridized carbons (Fsp3) is 0.143. The highest BCUT2D eigenvalue weighted by atomic mass is 35.5. The van der Waals surface area contributed by atoms with E-state index in [1.807, 2.05) is 31.2 Å². The van der Waals surface area contributed by atoms with Crippen molar-refractivity contribution in [1.82, 2.24) is 0 Å². The molecule has 0 fully saturated rings. The first kappa shape index (κ1) is 11.5. The van der Waals surface area contributed by atoms with E-state index < -0.39 is 0 Å². The van der Waals surface area contributed by atoms with E-state index in [0.29, 0.717) is 0 Å². The second-order valence-corrected chi connectivity index (χ2v) is 4.71. The van der Waals surface area contributed by atoms with Crippen molar-refractivity contribution in [3.63, 3.8) is 0 Å². The normalized spacial score (nSPS) is 10.5. The molecule has 2 aromatic rings. The topological polar surface area (TPSA) is 0 Å². The van der Waals surface area contributed by atoms with Crippen molar-refractivity contribution in [2.75, 3.05) is 0 Å². The van der Waals surface area contributed by atoms with Crippen LogP contribution in [0.25, 0.3) is 11.1 Å². The summed E-state index contributed by atoms with van der Waals surface area (Å²) in [5.41, 5.74) is 4.37. The van der Waals surface area contributed by atoms with E-state index in [9.17, 15) is 0 Å². The van der Waals surface area contributed by atoms with Gasteiger partial charge in [0.15, 0.2) is 0 Å². The minimum Gasteiger partial charge on any atom is -0.0840 e. The molecule has 0 unspecified atom stereocenters. The molecule has 0 nitrogen and oxygen atoms in total. The number of hydrogen-bond acceptors (Lipinski definition) is 0. The Bertz CT molecular complexity index is 510. The van der Waals surface area contributed by atoms with Crippen molar-refractivity contribution in [1.29, 1.82) is 0 Å². The van der Waals surface area contributed by atoms with E-state index in [4.69, 9.17) is 23.2 Å². The molecule has 0 amide bonds. The van der Waals surface area contributed by atoms with Gasteiger partial charge in [-0.3, -0.25) is 0 Å². The van der Waals surface area contributed by atoms with E-state index in [-0.39, 0.29) is 0 Å². The number of rotatable bonds is 1. The number of halogens is 2. The zero-order valence-corrected chi connectivity index (χ0v) is 10.7. The molecule has 2 rings (SSSR count). The van der Waals surface area contributed by atoms with Gasteiger partial charge in [0, 0.05) is 15.6 Å². The maximum Gasteiger partial charge on any atom is 0.0487 e. The van der Waals surface area contributed by atoms with Crippen LogP contribution in [0.2, 0.25) is 10.0 Å². The smallest absolute Gasteiger partial charge is 0.0487 e. The average Bonchev–Trinajstić information content (AvgIpc) is 2.23. The summed E-state index contributed by atoms with van der Waals surface area (Å²) >= 11 is 12.3. The Morgan fingerprint density at radius 2 is 1.56 bits per heavy atom. The van der Waals surface area contributed by atoms with Crippen LogP contribution in [-0.2, 0) is 0 Å². The minimum absolute atomic E-state index is 0.764. The van der Waals surface area contributed by atoms with E-state index in [1.54, 1.807) is 0 Å². The summed E-state index contributed by atoms with van der Waals surface area (Å²) in [5, 5.41) is 1.54. The van der Waals surface area contributed by atoms with Crippen LogP contribution in [-0.4, -0.2) is 0 Å². The molecule has 0 N–H and O–H groups in total. The van der Waals surface area contributed by atoms with E-state index in [0.717, 1.165) is 32.3 Å². The number of aryl methyl sites for hydroxylation is 2. The molecule has 0 radical (unpaired) electrons. The molecular formula is C14H12Cl2. The largest absolute Gasteiger partial charge is 0.0840 e. The minimum atomic E-state index is 0.764. The maximum absolute atomic E-state index is 6.21. The first-order valence-corrected chi connectivity index (χ1v) is 5.87. The Hall–Kier alpha value is -0.980. The summed E-state index contributed by atoms with van der Waals surface area (Å²) in [4.78, 5) is 0. The molecule has 0 saturated heterocycles. The lowest BCUT2D eigenvalue weighted by Crippen LogP contribution is -1.85. The Kier molecular flexibility index (Phi) is 3.22. The van der Waals surface area contributed by atoms with Gasteiger partial charge in [0.25, 0.3) is 0 Å². The third kappa shape index (κ3) is 2.09. The highest BCUT2D eigenvalue weighted by molar-refractivity contribution is 6.34. The highest BCUT2D eigenvalue weighted by Gasteiger charge is 2.07. The molecule has 0 bridgehead atoms. The van der Waals surface area contributed by atoms with E-state index in [2.05, 4.69) is 19.1 Å². The Morgan fingerprint density at radius 3 is 2.19 bits per heavy atom. The van der Waals surface area contributed by atoms with Gasteiger partial charge in [0.1, 0.15) is 0 Å². The van der Waals surface area contributed by atoms with Crippen LogP contribution in [0.4, 0.5) is 0 Å². The van der Waals surface area contributed by atoms with Crippen molar-refractivity contribution in [3.8, 4) is 11.1 Å². The first-order chi connectivity index (χ1) is 7.59. The van der Waals surface area contributed by atoms with Gasteiger partial charge in [-0.2, -0.15) is 0 Å². The fourth-order valence-electron chi connectivity index (χ4n) is 1.75. The molecule has 16 heavy (non-hydrogen) atoms. The van der Waals surface area contributed by atoms with Crippen LogP contribution in [0.1, 0.15) is 11.1 Å². The van der Waals surface area contributed by atoms with Crippen LogP contribution >= 0.6 is 23.2 Å². The third-order valence-corrected chi connectivity index (χ3v) is 3.40. The Balaban J connectivity index is 2.63. The molecule has 0 aliphatic rings. The molecule has 2 heteroatoms. The van der Waals surface area contributed by atoms with Gasteiger partial charge in [-0.25, -0.2) is 0 Å². The molecule has 0 aromatic heterocycles. The molecule has 0 aliphatic carbocycles. The van der Waals surface area contributed by atoms with Gasteiger partial charge >= 0.3 is 0 Å². The average molecular weight is 251 g/mol. The summed E-state index contributed by atoms with van der Waals surface area (Å²) in [6, 6.07) is 11.9. The summed E-state index contributed by atoms with van der Waals surface area (Å²) in [6.45, 7) is 4.04. The lowest BCUT2D eigenvalue weighted by atomic mass is 10.00. The van der Waals surface area contributed by atoms with Crippen molar-refractivity contribution < 1.29 is 0 Å². The van der Waals surface area contributed by atoms with Gasteiger partial charge in [-0.15, -0.1) is 0 Å². The maximum atomic E-state index is 6.21. The van der Waals surface area contributed by atoms with E-state index in [1.165, 1.54) is 0 Å². The van der Waals surface area contributed by atoms with Crippen LogP contribution in [0.15, 0.2) is 36.4 Å². The van der Waals surface area contributed by atoms with E-state index >= 15 is 0 Å². The molecule has 0 saturated carbocycles. The van der Waals surface area contributed by atoms with Crippen LogP contribution in [0.5, 0.6) is 0 Å². The van der Waals surface area contributed by atoms with Crippen molar-refractivity contribution >= 4 is 23.2 Å². The zero-order valence-electron chi connectivity index (χ0n) is 9.22. The SMILES string of the molecule is Cc1ccc(-c2c(C)cccc2Cl)cc1Cl. The second kappa shape index (κ2) is 4.48. The molecule has 0 heterocycles. The summed E-state index contributed by atoms with van der Waals surface area (Å²) in [6.07, 6.45) is 0. The predicted octanol–water partition coefficient (Wildman–Crippen LogP) is 5.28. The zero-order chi connectivity index (χ0) is 11.7. The Morgan fingerprint density at radius 1 is 0.812 bits per heavy atom. The first-order valence-electron chi connectivity index (χ1n) is 5.11. The standard InChI is InChI=1S/C14H12Cl2/c1-9-6-7-11(8-13(9)16)14-10(2)4-3-5-12(14)15/h3-8H,1-2H3. The van der Waals surface area contributed by atoms with Crippen molar-refractivity contribution in [2.24, 2.45) is 0 Å². The lowest BCUT2D eigenvalue weighted by molar-refractivity contribution is 1.43. The van der Waals surface area contributed by atoms with Gasteiger partial charge in [-0.05, 0) is 42.7 Å². The van der Waals surface area contributed by atoms with Gasteiger partial charge in [0.05, 0.1) is 0 Å². The van der Waals surface area contributed by atoms with Gasteiger partial charge in [-0.1, -0.05) is 47.5 Å². The molecule has 0 atom stereocenters. The molecule has 2 aromatic carbocycles. The Labute approximate surface area is 106 Å². The van der Waals surface area contributed by atoms with Crippen molar-refractivity contribution in [2.45, 2.75) is 13.8 Å². The molecule has 0 spiro atoms. The van der Waals surface area contributed by atoms with Crippen LogP contribution in [0, 0.1) is 13.8 Å². The summed E-state index contributed by atoms with van der Waals surface area (Å²) in [7, 11) is 0. The van der Waals surface area contributed by atoms with Crippen LogP contribution < -0.4 is 0 Å². The highest BCUT2D eigenvalue weighted by Crippen LogP contribution is 2.33. The molecular weight excluding hydrogens is 239 g/mol. The monoisotopic (exact) mass is 250 g/mol. The predicted molar refractivity (Wildman–Crippen MR) is 71.4 cm³/mol. The molecule has 0 aliphatic heterocycles. The van der Waals surface area contributed by atoms with Gasteiger partial charge < -0.3 is 0 Å². The third-order valence-electron chi connectivity index (χ3n) is 2.68. The summed E-state index contributed by atoms with van der Waals surface area (Å²) in [5.74, 6) is 0.